The first-order chi connectivity index (χ1) is 15.7. The molecule has 1 fully saturated rings. The lowest BCUT2D eigenvalue weighted by Gasteiger charge is -2.36. The van der Waals surface area contributed by atoms with Crippen LogP contribution in [0.1, 0.15) is 56.0 Å². The molecule has 1 saturated heterocycles. The van der Waals surface area contributed by atoms with Crippen molar-refractivity contribution in [3.8, 4) is 11.5 Å². The monoisotopic (exact) mass is 475 g/mol. The summed E-state index contributed by atoms with van der Waals surface area (Å²) >= 11 is 1.47. The molecule has 9 nitrogen and oxygen atoms in total. The number of rotatable bonds is 6. The quantitative estimate of drug-likeness (QED) is 0.635. The van der Waals surface area contributed by atoms with E-state index < -0.39 is 5.97 Å². The minimum atomic E-state index is -0.507. The number of benzene rings is 1. The Morgan fingerprint density at radius 2 is 2.15 bits per heavy atom. The van der Waals surface area contributed by atoms with Crippen molar-refractivity contribution in [2.75, 3.05) is 27.4 Å². The third-order valence-electron chi connectivity index (χ3n) is 5.86. The zero-order chi connectivity index (χ0) is 23.8. The van der Waals surface area contributed by atoms with Crippen LogP contribution in [-0.2, 0) is 14.3 Å². The zero-order valence-electron chi connectivity index (χ0n) is 19.5. The van der Waals surface area contributed by atoms with E-state index in [9.17, 15) is 9.59 Å². The maximum Gasteiger partial charge on any atom is 0.343 e. The summed E-state index contributed by atoms with van der Waals surface area (Å²) in [7, 11) is 2.84. The Labute approximate surface area is 196 Å². The van der Waals surface area contributed by atoms with E-state index in [2.05, 4.69) is 18.9 Å². The summed E-state index contributed by atoms with van der Waals surface area (Å²) in [6.07, 6.45) is 1.56. The fourth-order valence-corrected chi connectivity index (χ4v) is 5.48. The molecule has 0 bridgehead atoms. The highest BCUT2D eigenvalue weighted by Gasteiger charge is 2.37. The molecule has 2 aromatic rings. The van der Waals surface area contributed by atoms with Gasteiger partial charge in [0, 0.05) is 12.2 Å². The van der Waals surface area contributed by atoms with Gasteiger partial charge in [-0.2, -0.15) is 0 Å². The summed E-state index contributed by atoms with van der Waals surface area (Å²) in [4.78, 5) is 29.7. The number of hydrogen-bond donors (Lipinski definition) is 1. The van der Waals surface area contributed by atoms with Gasteiger partial charge in [0.1, 0.15) is 0 Å². The SMILES string of the molecule is COC(=O)COc1c(OC)cccc1[C@H]1SC(C)=Nc2c1c(=O)[nH]n2[C@@H]1CCOC(C)(C)C1. The van der Waals surface area contributed by atoms with E-state index in [1.165, 1.54) is 26.0 Å². The number of methoxy groups -OCH3 is 2. The van der Waals surface area contributed by atoms with Crippen LogP contribution in [0.5, 0.6) is 11.5 Å². The molecule has 2 atom stereocenters. The van der Waals surface area contributed by atoms with Crippen LogP contribution in [-0.4, -0.2) is 53.8 Å². The maximum atomic E-state index is 13.2. The number of nitrogens with zero attached hydrogens (tertiary/aromatic N) is 2. The fraction of sp³-hybridized carbons (Fsp3) is 0.522. The number of aromatic amines is 1. The third kappa shape index (κ3) is 4.67. The second-order valence-electron chi connectivity index (χ2n) is 8.68. The number of ether oxygens (including phenoxy) is 4. The van der Waals surface area contributed by atoms with Gasteiger partial charge in [-0.25, -0.2) is 9.79 Å². The van der Waals surface area contributed by atoms with Gasteiger partial charge in [0.05, 0.1) is 41.7 Å². The van der Waals surface area contributed by atoms with Gasteiger partial charge in [-0.1, -0.05) is 23.9 Å². The molecule has 4 rings (SSSR count). The lowest BCUT2D eigenvalue weighted by Crippen LogP contribution is -2.35. The molecule has 3 heterocycles. The molecule has 2 aliphatic heterocycles. The van der Waals surface area contributed by atoms with Crippen molar-refractivity contribution in [3.05, 3.63) is 39.7 Å². The van der Waals surface area contributed by atoms with Gasteiger partial charge in [0.25, 0.3) is 5.56 Å². The van der Waals surface area contributed by atoms with Gasteiger partial charge in [-0.15, -0.1) is 0 Å². The first kappa shape index (κ1) is 23.4. The molecule has 178 valence electrons. The van der Waals surface area contributed by atoms with Crippen LogP contribution in [0, 0.1) is 0 Å². The van der Waals surface area contributed by atoms with E-state index in [0.29, 0.717) is 29.5 Å². The number of esters is 1. The van der Waals surface area contributed by atoms with Gasteiger partial charge in [-0.3, -0.25) is 14.6 Å². The van der Waals surface area contributed by atoms with Crippen LogP contribution in [0.3, 0.4) is 0 Å². The van der Waals surface area contributed by atoms with Crippen molar-refractivity contribution in [2.24, 2.45) is 4.99 Å². The number of hydrogen-bond acceptors (Lipinski definition) is 8. The van der Waals surface area contributed by atoms with Crippen LogP contribution >= 0.6 is 11.8 Å². The zero-order valence-corrected chi connectivity index (χ0v) is 20.3. The lowest BCUT2D eigenvalue weighted by molar-refractivity contribution is -0.142. The van der Waals surface area contributed by atoms with Gasteiger partial charge in [0.15, 0.2) is 23.9 Å². The Balaban J connectivity index is 1.79. The summed E-state index contributed by atoms with van der Waals surface area (Å²) < 4.78 is 23.8. The average Bonchev–Trinajstić information content (AvgIpc) is 3.12. The number of carbonyl (C=O) groups is 1. The number of carbonyl (C=O) groups excluding carboxylic acids is 1. The number of para-hydroxylation sites is 1. The van der Waals surface area contributed by atoms with Crippen LogP contribution in [0.2, 0.25) is 0 Å². The first-order valence-electron chi connectivity index (χ1n) is 10.8. The summed E-state index contributed by atoms with van der Waals surface area (Å²) in [5.74, 6) is 1.00. The van der Waals surface area contributed by atoms with Crippen molar-refractivity contribution in [3.63, 3.8) is 0 Å². The molecule has 10 heteroatoms. The van der Waals surface area contributed by atoms with E-state index in [1.807, 2.05) is 23.7 Å². The number of aliphatic imine (C=N–C) groups is 1. The van der Waals surface area contributed by atoms with E-state index in [0.717, 1.165) is 23.4 Å². The highest BCUT2D eigenvalue weighted by molar-refractivity contribution is 8.14. The van der Waals surface area contributed by atoms with Gasteiger partial charge in [0.2, 0.25) is 0 Å². The molecule has 0 spiro atoms. The minimum Gasteiger partial charge on any atom is -0.493 e. The standard InChI is InChI=1S/C23H29N3O6S/c1-13-24-21-18(22(28)25-26(21)14-9-10-32-23(2,3)11-14)20(33-13)15-7-6-8-16(29-4)19(15)31-12-17(27)30-5/h6-8,14,20H,9-12H2,1-5H3,(H,25,28)/t14-,20-/m1/s1. The highest BCUT2D eigenvalue weighted by atomic mass is 32.2. The molecule has 1 aromatic carbocycles. The normalized spacial score (nSPS) is 21.7. The Bertz CT molecular complexity index is 1140. The molecular weight excluding hydrogens is 446 g/mol. The summed E-state index contributed by atoms with van der Waals surface area (Å²) in [6.45, 7) is 6.39. The van der Waals surface area contributed by atoms with E-state index in [4.69, 9.17) is 23.9 Å². The summed E-state index contributed by atoms with van der Waals surface area (Å²) in [5, 5.41) is 3.48. The van der Waals surface area contributed by atoms with Crippen LogP contribution in [0.15, 0.2) is 28.0 Å². The van der Waals surface area contributed by atoms with Crippen molar-refractivity contribution in [1.82, 2.24) is 9.78 Å². The van der Waals surface area contributed by atoms with Crippen molar-refractivity contribution in [1.29, 1.82) is 0 Å². The molecule has 2 aliphatic rings. The average molecular weight is 476 g/mol. The van der Waals surface area contributed by atoms with Crippen molar-refractivity contribution in [2.45, 2.75) is 50.5 Å². The predicted molar refractivity (Wildman–Crippen MR) is 126 cm³/mol. The number of fused-ring (bicyclic) bond motifs is 1. The highest BCUT2D eigenvalue weighted by Crippen LogP contribution is 2.49. The second-order valence-corrected chi connectivity index (χ2v) is 9.97. The minimum absolute atomic E-state index is 0.0749. The number of aromatic nitrogens is 2. The number of H-pyrrole nitrogens is 1. The summed E-state index contributed by atoms with van der Waals surface area (Å²) in [5.41, 5.74) is 0.824. The molecule has 33 heavy (non-hydrogen) atoms. The number of thioether (sulfide) groups is 1. The van der Waals surface area contributed by atoms with Crippen molar-refractivity contribution >= 4 is 28.6 Å². The van der Waals surface area contributed by atoms with Gasteiger partial charge < -0.3 is 18.9 Å². The van der Waals surface area contributed by atoms with Crippen molar-refractivity contribution < 1.29 is 23.7 Å². The smallest absolute Gasteiger partial charge is 0.343 e. The molecule has 0 amide bonds. The molecular formula is C23H29N3O6S. The molecule has 0 unspecified atom stereocenters. The Morgan fingerprint density at radius 1 is 1.36 bits per heavy atom. The van der Waals surface area contributed by atoms with Crippen LogP contribution in [0.25, 0.3) is 0 Å². The predicted octanol–water partition coefficient (Wildman–Crippen LogP) is 3.75. The maximum absolute atomic E-state index is 13.2. The molecule has 0 aliphatic carbocycles. The molecule has 1 aromatic heterocycles. The summed E-state index contributed by atoms with van der Waals surface area (Å²) in [6, 6.07) is 5.55. The third-order valence-corrected chi connectivity index (χ3v) is 7.02. The van der Waals surface area contributed by atoms with Crippen LogP contribution < -0.4 is 15.0 Å². The Hall–Kier alpha value is -2.72. The molecule has 0 saturated carbocycles. The van der Waals surface area contributed by atoms with Gasteiger partial charge in [-0.05, 0) is 39.7 Å². The number of nitrogens with one attached hydrogen (secondary N) is 1. The van der Waals surface area contributed by atoms with E-state index in [1.54, 1.807) is 6.07 Å². The molecule has 1 N–H and O–H groups in total. The topological polar surface area (TPSA) is 104 Å². The first-order valence-corrected chi connectivity index (χ1v) is 11.7. The largest absolute Gasteiger partial charge is 0.493 e. The second kappa shape index (κ2) is 9.26. The van der Waals surface area contributed by atoms with E-state index in [-0.39, 0.29) is 29.1 Å². The molecule has 0 radical (unpaired) electrons. The van der Waals surface area contributed by atoms with Gasteiger partial charge >= 0.3 is 5.97 Å². The lowest BCUT2D eigenvalue weighted by atomic mass is 9.94. The Kier molecular flexibility index (Phi) is 6.58. The van der Waals surface area contributed by atoms with E-state index >= 15 is 0 Å². The Morgan fingerprint density at radius 3 is 2.85 bits per heavy atom. The fourth-order valence-electron chi connectivity index (χ4n) is 4.36. The van der Waals surface area contributed by atoms with Crippen LogP contribution in [0.4, 0.5) is 5.82 Å².